The number of phosphoric acid groups is 3. The van der Waals surface area contributed by atoms with Crippen molar-refractivity contribution in [2.45, 2.75) is 24.0 Å². The lowest BCUT2D eigenvalue weighted by Crippen LogP contribution is -2.44. The molecule has 35 heavy (non-hydrogen) atoms. The Morgan fingerprint density at radius 2 is 2.03 bits per heavy atom. The van der Waals surface area contributed by atoms with Gasteiger partial charge in [0.2, 0.25) is 5.95 Å². The molecular formula is C11H15N8O13P3. The lowest BCUT2D eigenvalue weighted by molar-refractivity contribution is -0.181. The number of hydrogen-bond acceptors (Lipinski definition) is 13. The predicted octanol–water partition coefficient (Wildman–Crippen LogP) is -0.610. The Bertz CT molecular complexity index is 1410. The maximum Gasteiger partial charge on any atom is 0.490 e. The lowest BCUT2D eigenvalue weighted by atomic mass is 9.98. The van der Waals surface area contributed by atoms with E-state index in [-0.39, 0.29) is 23.7 Å². The van der Waals surface area contributed by atoms with Gasteiger partial charge in [0.25, 0.3) is 5.56 Å². The molecule has 2 aromatic heterocycles. The van der Waals surface area contributed by atoms with Crippen molar-refractivity contribution in [1.29, 1.82) is 0 Å². The van der Waals surface area contributed by atoms with E-state index in [0.29, 0.717) is 0 Å². The molecule has 2 aliphatic heterocycles. The molecule has 4 rings (SSSR count). The molecule has 24 heteroatoms. The van der Waals surface area contributed by atoms with Crippen molar-refractivity contribution in [1.82, 2.24) is 19.5 Å². The normalized spacial score (nSPS) is 29.5. The summed E-state index contributed by atoms with van der Waals surface area (Å²) < 4.78 is 59.1. The van der Waals surface area contributed by atoms with Crippen LogP contribution in [0.1, 0.15) is 6.23 Å². The fraction of sp³-hybridized carbons (Fsp3) is 0.545. The van der Waals surface area contributed by atoms with Gasteiger partial charge in [-0.05, 0) is 5.53 Å². The number of nitrogens with one attached hydrogen (secondary N) is 1. The average molecular weight is 560 g/mol. The van der Waals surface area contributed by atoms with E-state index in [1.165, 1.54) is 10.9 Å². The lowest BCUT2D eigenvalue weighted by Gasteiger charge is -2.31. The molecule has 2 aliphatic rings. The molecule has 192 valence electrons. The largest absolute Gasteiger partial charge is 0.490 e. The Morgan fingerprint density at radius 1 is 1.31 bits per heavy atom. The van der Waals surface area contributed by atoms with Crippen LogP contribution in [-0.2, 0) is 36.3 Å². The fourth-order valence-corrected chi connectivity index (χ4v) is 6.67. The minimum absolute atomic E-state index is 0.0184. The van der Waals surface area contributed by atoms with E-state index in [9.17, 15) is 28.3 Å². The summed E-state index contributed by atoms with van der Waals surface area (Å²) in [4.78, 5) is 61.2. The van der Waals surface area contributed by atoms with E-state index >= 15 is 0 Å². The van der Waals surface area contributed by atoms with E-state index in [1.54, 1.807) is 0 Å². The van der Waals surface area contributed by atoms with Gasteiger partial charge in [-0.15, -0.1) is 0 Å². The number of anilines is 1. The van der Waals surface area contributed by atoms with Gasteiger partial charge in [-0.2, -0.15) is 13.6 Å². The van der Waals surface area contributed by atoms with Crippen molar-refractivity contribution < 1.29 is 55.9 Å². The second-order valence-corrected chi connectivity index (χ2v) is 11.6. The summed E-state index contributed by atoms with van der Waals surface area (Å²) in [5.41, 5.74) is 12.0. The zero-order chi connectivity index (χ0) is 25.8. The van der Waals surface area contributed by atoms with Crippen LogP contribution in [0.3, 0.4) is 0 Å². The van der Waals surface area contributed by atoms with Gasteiger partial charge >= 0.3 is 23.5 Å². The first-order valence-corrected chi connectivity index (χ1v) is 13.5. The third kappa shape index (κ3) is 5.18. The zero-order valence-corrected chi connectivity index (χ0v) is 19.5. The Kier molecular flexibility index (Phi) is 6.45. The Morgan fingerprint density at radius 3 is 2.69 bits per heavy atom. The molecule has 0 aromatic carbocycles. The van der Waals surface area contributed by atoms with Crippen LogP contribution in [0.25, 0.3) is 21.6 Å². The average Bonchev–Trinajstić information content (AvgIpc) is 3.34. The molecule has 0 aliphatic carbocycles. The fourth-order valence-electron chi connectivity index (χ4n) is 3.59. The summed E-state index contributed by atoms with van der Waals surface area (Å²) in [6.07, 6.45) is -1.01. The second kappa shape index (κ2) is 8.72. The highest BCUT2D eigenvalue weighted by atomic mass is 31.3. The SMILES string of the molecule is [N-]=[N+]=N[C@H]1[C@H]2OC[C@]1(COP(=O)(O)OP(=O)(O)OP(=O)(O)O)O[C@H]2n1cnc2c(=O)[nH]c(N)nc21. The Balaban J connectivity index is 1.59. The van der Waals surface area contributed by atoms with Crippen molar-refractivity contribution in [3.05, 3.63) is 27.1 Å². The number of H-pyrrole nitrogens is 1. The number of nitrogens with zero attached hydrogens (tertiary/aromatic N) is 6. The standard InChI is InChI=1S/C11H15N8O13P3/c12-10-15-7-4(8(20)16-10)14-3-19(7)9-5-6(17-18-13)11(30-9,1-28-5)2-29-34(24,25)32-35(26,27)31-33(21,22)23/h3,5-6,9H,1-2H2,(H,24,25)(H,26,27)(H2,21,22,23)(H3,12,15,16,20)/t5-,6+,9-,11-/m1/s1. The Hall–Kier alpha value is -2.21. The molecule has 2 aromatic rings. The molecular weight excluding hydrogens is 545 g/mol. The molecule has 2 saturated heterocycles. The molecule has 0 saturated carbocycles. The van der Waals surface area contributed by atoms with Crippen molar-refractivity contribution in [2.75, 3.05) is 18.9 Å². The van der Waals surface area contributed by atoms with Crippen molar-refractivity contribution >= 4 is 40.6 Å². The van der Waals surface area contributed by atoms with Crippen LogP contribution in [0.15, 0.2) is 16.2 Å². The van der Waals surface area contributed by atoms with E-state index in [2.05, 4.69) is 38.1 Å². The van der Waals surface area contributed by atoms with Gasteiger partial charge < -0.3 is 34.8 Å². The maximum absolute atomic E-state index is 12.1. The zero-order valence-electron chi connectivity index (χ0n) is 16.8. The van der Waals surface area contributed by atoms with Crippen molar-refractivity contribution in [3.63, 3.8) is 0 Å². The number of aromatic amines is 1. The molecule has 2 unspecified atom stereocenters. The number of ether oxygens (including phenoxy) is 2. The highest BCUT2D eigenvalue weighted by Crippen LogP contribution is 2.66. The van der Waals surface area contributed by atoms with Crippen LogP contribution in [0.4, 0.5) is 5.95 Å². The number of rotatable bonds is 9. The first-order chi connectivity index (χ1) is 16.2. The van der Waals surface area contributed by atoms with E-state index in [1.807, 2.05) is 0 Å². The summed E-state index contributed by atoms with van der Waals surface area (Å²) in [6, 6.07) is -1.19. The van der Waals surface area contributed by atoms with Crippen LogP contribution >= 0.6 is 23.5 Å². The molecule has 21 nitrogen and oxygen atoms in total. The van der Waals surface area contributed by atoms with Gasteiger partial charge in [-0.25, -0.2) is 18.7 Å². The maximum atomic E-state index is 12.1. The van der Waals surface area contributed by atoms with Crippen LogP contribution in [0, 0.1) is 0 Å². The highest BCUT2D eigenvalue weighted by molar-refractivity contribution is 7.66. The number of imidazole rings is 1. The number of hydrogen-bond donors (Lipinski definition) is 6. The van der Waals surface area contributed by atoms with E-state index in [0.717, 1.165) is 0 Å². The van der Waals surface area contributed by atoms with Crippen LogP contribution in [0.5, 0.6) is 0 Å². The van der Waals surface area contributed by atoms with Crippen LogP contribution in [0.2, 0.25) is 0 Å². The molecule has 0 amide bonds. The van der Waals surface area contributed by atoms with E-state index < -0.39 is 59.6 Å². The smallest absolute Gasteiger partial charge is 0.370 e. The molecule has 6 atom stereocenters. The number of nitrogen functional groups attached to an aromatic ring is 1. The molecule has 0 radical (unpaired) electrons. The topological polar surface area (TPSA) is 317 Å². The highest BCUT2D eigenvalue weighted by Gasteiger charge is 2.63. The second-order valence-electron chi connectivity index (χ2n) is 7.14. The van der Waals surface area contributed by atoms with E-state index in [4.69, 9.17) is 30.5 Å². The summed E-state index contributed by atoms with van der Waals surface area (Å²) in [5, 5.41) is 3.58. The minimum Gasteiger partial charge on any atom is -0.370 e. The van der Waals surface area contributed by atoms with Gasteiger partial charge in [0.1, 0.15) is 17.7 Å². The minimum atomic E-state index is -5.75. The molecule has 2 fully saturated rings. The first-order valence-electron chi connectivity index (χ1n) is 9.00. The molecule has 0 spiro atoms. The monoisotopic (exact) mass is 560 g/mol. The van der Waals surface area contributed by atoms with Crippen LogP contribution < -0.4 is 11.3 Å². The third-order valence-corrected chi connectivity index (χ3v) is 8.58. The number of azide groups is 1. The summed E-state index contributed by atoms with van der Waals surface area (Å²) in [5.74, 6) is -0.234. The van der Waals surface area contributed by atoms with Gasteiger partial charge in [0, 0.05) is 4.91 Å². The van der Waals surface area contributed by atoms with Crippen molar-refractivity contribution in [3.8, 4) is 0 Å². The first kappa shape index (κ1) is 25.9. The van der Waals surface area contributed by atoms with Crippen LogP contribution in [-0.4, -0.2) is 70.1 Å². The molecule has 4 heterocycles. The summed E-state index contributed by atoms with van der Waals surface area (Å²) in [7, 11) is -16.8. The third-order valence-electron chi connectivity index (χ3n) is 4.80. The van der Waals surface area contributed by atoms with Crippen molar-refractivity contribution in [2.24, 2.45) is 5.11 Å². The number of aromatic nitrogens is 4. The Labute approximate surface area is 191 Å². The number of phosphoric ester groups is 1. The predicted molar refractivity (Wildman–Crippen MR) is 108 cm³/mol. The van der Waals surface area contributed by atoms with Gasteiger partial charge in [-0.3, -0.25) is 18.9 Å². The summed E-state index contributed by atoms with van der Waals surface area (Å²) in [6.45, 7) is -1.29. The quantitative estimate of drug-likeness (QED) is 0.0964. The number of nitrogens with two attached hydrogens (primary N) is 1. The number of fused-ring (bicyclic) bond motifs is 3. The summed E-state index contributed by atoms with van der Waals surface area (Å²) >= 11 is 0. The van der Waals surface area contributed by atoms with Gasteiger partial charge in [-0.1, -0.05) is 5.11 Å². The van der Waals surface area contributed by atoms with Gasteiger partial charge in [0.15, 0.2) is 17.4 Å². The molecule has 7 N–H and O–H groups in total. The molecule has 2 bridgehead atoms. The van der Waals surface area contributed by atoms with Gasteiger partial charge in [0.05, 0.1) is 19.5 Å².